The number of likely N-dealkylation sites (N-methyl/N-ethyl adjacent to an activating group) is 1. The lowest BCUT2D eigenvalue weighted by atomic mass is 10.1. The van der Waals surface area contributed by atoms with E-state index in [2.05, 4.69) is 55.5 Å². The van der Waals surface area contributed by atoms with Gasteiger partial charge in [-0.05, 0) is 44.9 Å². The Morgan fingerprint density at radius 1 is 0.860 bits per heavy atom. The van der Waals surface area contributed by atoms with Crippen LogP contribution in [-0.4, -0.2) is 82.2 Å². The topological polar surface area (TPSA) is 124 Å². The molecule has 1 aliphatic rings. The van der Waals surface area contributed by atoms with Crippen LogP contribution in [-0.2, 0) is 37.4 Å². The molecule has 244 valence electrons. The van der Waals surface area contributed by atoms with Crippen LogP contribution in [0.5, 0.6) is 0 Å². The lowest BCUT2D eigenvalue weighted by Crippen LogP contribution is -2.37. The molecule has 0 aromatic heterocycles. The number of hydrogen-bond acceptors (Lipinski definition) is 9. The second-order valence-electron chi connectivity index (χ2n) is 11.2. The van der Waals surface area contributed by atoms with Gasteiger partial charge in [0.1, 0.15) is 19.8 Å². The number of hydrogen-bond donors (Lipinski definition) is 0. The fraction of sp³-hybridized carbons (Fsp3) is 0.625. The monoisotopic (exact) mass is 625 g/mol. The Hall–Kier alpha value is -2.33. The van der Waals surface area contributed by atoms with E-state index in [1.165, 1.54) is 6.92 Å². The average molecular weight is 626 g/mol. The van der Waals surface area contributed by atoms with Gasteiger partial charge in [-0.15, -0.1) is 0 Å². The smallest absolute Gasteiger partial charge is 0.306 e. The molecule has 1 heterocycles. The number of allylic oxidation sites excluding steroid dienone is 8. The third-order valence-electron chi connectivity index (χ3n) is 6.02. The quantitative estimate of drug-likeness (QED) is 0.0459. The minimum Gasteiger partial charge on any atom is -0.756 e. The molecule has 0 aliphatic carbocycles. The molecule has 0 radical (unpaired) electrons. The van der Waals surface area contributed by atoms with Crippen molar-refractivity contribution in [3.8, 4) is 0 Å². The lowest BCUT2D eigenvalue weighted by Gasteiger charge is -2.28. The van der Waals surface area contributed by atoms with Crippen LogP contribution in [0.25, 0.3) is 0 Å². The van der Waals surface area contributed by atoms with E-state index in [4.69, 9.17) is 23.3 Å². The second-order valence-corrected chi connectivity index (χ2v) is 12.6. The molecule has 0 spiro atoms. The highest BCUT2D eigenvalue weighted by atomic mass is 31.2. The SMILES string of the molecule is CC/C=C\CC1OC1C/C=C\C/C=C\C/C=C\C/C=C\CCC(=O)OC[C@H](COP(=O)([O-])OCC[N+](C)(C)C)OC(C)=O. The molecular formula is C32H52NO9P. The molecule has 0 amide bonds. The molecule has 4 atom stereocenters. The number of esters is 2. The zero-order valence-corrected chi connectivity index (χ0v) is 27.5. The predicted molar refractivity (Wildman–Crippen MR) is 166 cm³/mol. The number of phosphoric acid groups is 1. The van der Waals surface area contributed by atoms with Gasteiger partial charge in [-0.1, -0.05) is 67.7 Å². The fourth-order valence-corrected chi connectivity index (χ4v) is 4.33. The van der Waals surface area contributed by atoms with Crippen molar-refractivity contribution in [3.63, 3.8) is 0 Å². The third-order valence-corrected chi connectivity index (χ3v) is 6.98. The zero-order chi connectivity index (χ0) is 32.0. The Balaban J connectivity index is 2.15. The first-order valence-electron chi connectivity index (χ1n) is 15.1. The Bertz CT molecular complexity index is 997. The van der Waals surface area contributed by atoms with Gasteiger partial charge in [-0.2, -0.15) is 0 Å². The number of ether oxygens (including phenoxy) is 3. The normalized spacial score (nSPS) is 19.6. The van der Waals surface area contributed by atoms with Gasteiger partial charge in [0, 0.05) is 13.3 Å². The molecule has 3 unspecified atom stereocenters. The van der Waals surface area contributed by atoms with Crippen LogP contribution in [0.3, 0.4) is 0 Å². The minimum absolute atomic E-state index is 0.0505. The first-order valence-corrected chi connectivity index (χ1v) is 16.5. The Morgan fingerprint density at radius 3 is 1.98 bits per heavy atom. The third kappa shape index (κ3) is 23.8. The van der Waals surface area contributed by atoms with Crippen molar-refractivity contribution in [2.75, 3.05) is 47.5 Å². The van der Waals surface area contributed by atoms with Gasteiger partial charge < -0.3 is 32.6 Å². The molecule has 11 heteroatoms. The molecule has 0 saturated carbocycles. The number of nitrogens with zero attached hydrogens (tertiary/aromatic N) is 1. The molecule has 1 fully saturated rings. The number of phosphoric ester groups is 1. The van der Waals surface area contributed by atoms with Crippen molar-refractivity contribution in [2.24, 2.45) is 0 Å². The highest BCUT2D eigenvalue weighted by Crippen LogP contribution is 2.38. The molecule has 43 heavy (non-hydrogen) atoms. The van der Waals surface area contributed by atoms with E-state index >= 15 is 0 Å². The summed E-state index contributed by atoms with van der Waals surface area (Å²) in [4.78, 5) is 35.4. The summed E-state index contributed by atoms with van der Waals surface area (Å²) in [5.74, 6) is -1.14. The van der Waals surface area contributed by atoms with Gasteiger partial charge in [0.15, 0.2) is 6.10 Å². The van der Waals surface area contributed by atoms with Gasteiger partial charge in [0.05, 0.1) is 40.0 Å². The number of quaternary nitrogens is 1. The Kier molecular flexibility index (Phi) is 20.0. The summed E-state index contributed by atoms with van der Waals surface area (Å²) in [6.45, 7) is 2.88. The summed E-state index contributed by atoms with van der Waals surface area (Å²) in [5.41, 5.74) is 0. The summed E-state index contributed by atoms with van der Waals surface area (Å²) in [7, 11) is 1.10. The minimum atomic E-state index is -4.59. The molecule has 0 aromatic carbocycles. The first-order chi connectivity index (χ1) is 20.4. The van der Waals surface area contributed by atoms with Gasteiger partial charge >= 0.3 is 11.9 Å². The van der Waals surface area contributed by atoms with Crippen LogP contribution in [0.15, 0.2) is 60.8 Å². The van der Waals surface area contributed by atoms with Crippen LogP contribution in [0.4, 0.5) is 0 Å². The zero-order valence-electron chi connectivity index (χ0n) is 26.6. The number of rotatable bonds is 24. The van der Waals surface area contributed by atoms with Crippen molar-refractivity contribution < 1.29 is 46.8 Å². The van der Waals surface area contributed by atoms with E-state index in [9.17, 15) is 19.0 Å². The number of epoxide rings is 1. The summed E-state index contributed by atoms with van der Waals surface area (Å²) in [6, 6.07) is 0. The van der Waals surface area contributed by atoms with Crippen molar-refractivity contribution in [3.05, 3.63) is 60.8 Å². The van der Waals surface area contributed by atoms with E-state index in [-0.39, 0.29) is 19.6 Å². The summed E-state index contributed by atoms with van der Waals surface area (Å²) in [6.07, 6.45) is 27.0. The van der Waals surface area contributed by atoms with Crippen molar-refractivity contribution in [2.45, 2.75) is 83.5 Å². The van der Waals surface area contributed by atoms with E-state index in [0.29, 0.717) is 29.7 Å². The number of carbonyl (C=O) groups is 2. The molecular weight excluding hydrogens is 573 g/mol. The van der Waals surface area contributed by atoms with E-state index in [0.717, 1.165) is 38.5 Å². The number of carbonyl (C=O) groups excluding carboxylic acids is 2. The van der Waals surface area contributed by atoms with Gasteiger partial charge in [-0.25, -0.2) is 0 Å². The van der Waals surface area contributed by atoms with Gasteiger partial charge in [0.2, 0.25) is 0 Å². The summed E-state index contributed by atoms with van der Waals surface area (Å²) >= 11 is 0. The lowest BCUT2D eigenvalue weighted by molar-refractivity contribution is -0.870. The largest absolute Gasteiger partial charge is 0.756 e. The van der Waals surface area contributed by atoms with Crippen LogP contribution >= 0.6 is 7.82 Å². The molecule has 1 aliphatic heterocycles. The van der Waals surface area contributed by atoms with Crippen LogP contribution in [0, 0.1) is 0 Å². The maximum atomic E-state index is 12.1. The van der Waals surface area contributed by atoms with Crippen molar-refractivity contribution in [1.29, 1.82) is 0 Å². The van der Waals surface area contributed by atoms with E-state index in [1.807, 2.05) is 33.3 Å². The van der Waals surface area contributed by atoms with Crippen molar-refractivity contribution in [1.82, 2.24) is 0 Å². The highest BCUT2D eigenvalue weighted by Gasteiger charge is 2.35. The molecule has 0 N–H and O–H groups in total. The maximum Gasteiger partial charge on any atom is 0.306 e. The second kappa shape index (κ2) is 22.2. The maximum absolute atomic E-state index is 12.1. The molecule has 10 nitrogen and oxygen atoms in total. The van der Waals surface area contributed by atoms with Crippen LogP contribution < -0.4 is 4.89 Å². The van der Waals surface area contributed by atoms with Gasteiger partial charge in [-0.3, -0.25) is 14.2 Å². The molecule has 1 rings (SSSR count). The Morgan fingerprint density at radius 2 is 1.42 bits per heavy atom. The molecule has 0 aromatic rings. The Labute approximate surface area is 258 Å². The van der Waals surface area contributed by atoms with E-state index < -0.39 is 32.5 Å². The highest BCUT2D eigenvalue weighted by molar-refractivity contribution is 7.45. The fourth-order valence-electron chi connectivity index (χ4n) is 3.60. The predicted octanol–water partition coefficient (Wildman–Crippen LogP) is 5.36. The standard InChI is InChI=1S/C32H52NO9P/c1-6-7-18-21-30-31(42-30)22-19-16-14-12-10-8-9-11-13-15-17-20-23-32(35)38-26-29(41-28(2)34)27-40-43(36,37)39-25-24-33(3,4)5/h7,9-12,15-19,29-31H,6,8,13-14,20-27H2,1-5H3/b11-9-,12-10-,17-15-,18-7-,19-16-/t29-,30?,31?/m1/s1. The van der Waals surface area contributed by atoms with Gasteiger partial charge in [0.25, 0.3) is 7.82 Å². The summed E-state index contributed by atoms with van der Waals surface area (Å²) in [5, 5.41) is 0. The summed E-state index contributed by atoms with van der Waals surface area (Å²) < 4.78 is 37.9. The molecule has 0 bridgehead atoms. The van der Waals surface area contributed by atoms with Crippen LogP contribution in [0.2, 0.25) is 0 Å². The van der Waals surface area contributed by atoms with Crippen molar-refractivity contribution >= 4 is 19.8 Å². The van der Waals surface area contributed by atoms with Crippen LogP contribution in [0.1, 0.15) is 65.2 Å². The molecule has 1 saturated heterocycles. The first kappa shape index (κ1) is 38.7. The van der Waals surface area contributed by atoms with E-state index in [1.54, 1.807) is 0 Å². The average Bonchev–Trinajstić information content (AvgIpc) is 3.67.